The molecule has 0 amide bonds. The summed E-state index contributed by atoms with van der Waals surface area (Å²) < 4.78 is 0. The van der Waals surface area contributed by atoms with Crippen molar-refractivity contribution in [3.8, 4) is 0 Å². The van der Waals surface area contributed by atoms with Crippen molar-refractivity contribution in [2.24, 2.45) is 0 Å². The zero-order chi connectivity index (χ0) is 10.7. The van der Waals surface area contributed by atoms with Crippen molar-refractivity contribution in [2.75, 3.05) is 0 Å². The highest BCUT2D eigenvalue weighted by atomic mass is 35.7. The van der Waals surface area contributed by atoms with Crippen LogP contribution in [0.25, 0.3) is 0 Å². The predicted molar refractivity (Wildman–Crippen MR) is 69.9 cm³/mol. The second-order valence-corrected chi connectivity index (χ2v) is 6.14. The number of hydrogen-bond donors (Lipinski definition) is 0. The van der Waals surface area contributed by atoms with Gasteiger partial charge in [0.1, 0.15) is 0 Å². The van der Waals surface area contributed by atoms with Gasteiger partial charge in [-0.2, -0.15) is 0 Å². The fraction of sp³-hybridized carbons (Fsp3) is 0. The van der Waals surface area contributed by atoms with E-state index in [0.29, 0.717) is 0 Å². The Morgan fingerprint density at radius 3 is 2.13 bits per heavy atom. The summed E-state index contributed by atoms with van der Waals surface area (Å²) >= 11 is 12.3. The van der Waals surface area contributed by atoms with Gasteiger partial charge in [0.05, 0.1) is 7.27 Å². The Hall–Kier alpha value is -0.550. The van der Waals surface area contributed by atoms with E-state index in [-0.39, 0.29) is 0 Å². The lowest BCUT2D eigenvalue weighted by atomic mass is 10.4. The Morgan fingerprint density at radius 1 is 0.800 bits per heavy atom. The molecular formula is C12H9Cl2P. The average Bonchev–Trinajstić information content (AvgIpc) is 2.29. The number of hydrogen-bond acceptors (Lipinski definition) is 0. The van der Waals surface area contributed by atoms with Crippen molar-refractivity contribution in [3.63, 3.8) is 0 Å². The molecule has 76 valence electrons. The van der Waals surface area contributed by atoms with E-state index in [1.807, 2.05) is 54.6 Å². The van der Waals surface area contributed by atoms with Gasteiger partial charge in [0.2, 0.25) is 0 Å². The van der Waals surface area contributed by atoms with E-state index in [4.69, 9.17) is 22.8 Å². The maximum absolute atomic E-state index is 6.41. The van der Waals surface area contributed by atoms with Gasteiger partial charge >= 0.3 is 0 Å². The van der Waals surface area contributed by atoms with Gasteiger partial charge in [-0.1, -0.05) is 65.3 Å². The van der Waals surface area contributed by atoms with Crippen LogP contribution in [0.3, 0.4) is 0 Å². The average molecular weight is 255 g/mol. The van der Waals surface area contributed by atoms with Crippen LogP contribution in [-0.2, 0) is 0 Å². The molecule has 1 atom stereocenters. The molecule has 0 heterocycles. The molecule has 0 saturated carbocycles. The topological polar surface area (TPSA) is 0 Å². The minimum atomic E-state index is -0.799. The van der Waals surface area contributed by atoms with Crippen molar-refractivity contribution in [1.29, 1.82) is 0 Å². The second-order valence-electron chi connectivity index (χ2n) is 3.10. The lowest BCUT2D eigenvalue weighted by Crippen LogP contribution is -2.07. The van der Waals surface area contributed by atoms with Gasteiger partial charge in [-0.05, 0) is 22.7 Å². The van der Waals surface area contributed by atoms with E-state index in [2.05, 4.69) is 0 Å². The SMILES string of the molecule is Clc1cccc(P(Cl)c2ccccc2)c1. The summed E-state index contributed by atoms with van der Waals surface area (Å²) in [6.07, 6.45) is 0. The summed E-state index contributed by atoms with van der Waals surface area (Å²) in [4.78, 5) is 0. The van der Waals surface area contributed by atoms with Crippen LogP contribution in [0.4, 0.5) is 0 Å². The molecule has 2 aromatic carbocycles. The van der Waals surface area contributed by atoms with Crippen molar-refractivity contribution in [2.45, 2.75) is 0 Å². The van der Waals surface area contributed by atoms with E-state index in [1.165, 1.54) is 0 Å². The minimum absolute atomic E-state index is 0.733. The third-order valence-corrected chi connectivity index (χ3v) is 4.91. The summed E-state index contributed by atoms with van der Waals surface area (Å²) in [6, 6.07) is 17.8. The molecule has 0 aliphatic carbocycles. The molecule has 0 bridgehead atoms. The Balaban J connectivity index is 2.32. The van der Waals surface area contributed by atoms with Crippen LogP contribution < -0.4 is 10.6 Å². The Morgan fingerprint density at radius 2 is 1.47 bits per heavy atom. The molecule has 2 aromatic rings. The van der Waals surface area contributed by atoms with Gasteiger partial charge in [0, 0.05) is 5.02 Å². The summed E-state index contributed by atoms with van der Waals surface area (Å²) in [5.74, 6) is 0. The molecule has 3 heteroatoms. The van der Waals surface area contributed by atoms with E-state index in [9.17, 15) is 0 Å². The van der Waals surface area contributed by atoms with Crippen LogP contribution in [0.5, 0.6) is 0 Å². The summed E-state index contributed by atoms with van der Waals surface area (Å²) in [5.41, 5.74) is 0. The van der Waals surface area contributed by atoms with Crippen LogP contribution in [0.1, 0.15) is 0 Å². The lowest BCUT2D eigenvalue weighted by molar-refractivity contribution is 1.76. The molecule has 15 heavy (non-hydrogen) atoms. The molecule has 0 nitrogen and oxygen atoms in total. The third-order valence-electron chi connectivity index (χ3n) is 2.02. The quantitative estimate of drug-likeness (QED) is 0.713. The molecule has 1 unspecified atom stereocenters. The van der Waals surface area contributed by atoms with Gasteiger partial charge in [0.25, 0.3) is 0 Å². The van der Waals surface area contributed by atoms with Gasteiger partial charge in [-0.25, -0.2) is 0 Å². The summed E-state index contributed by atoms with van der Waals surface area (Å²) in [6.45, 7) is 0. The van der Waals surface area contributed by atoms with Crippen LogP contribution in [0.2, 0.25) is 5.02 Å². The van der Waals surface area contributed by atoms with E-state index >= 15 is 0 Å². The largest absolute Gasteiger partial charge is 0.0859 e. The molecule has 0 fully saturated rings. The molecule has 0 spiro atoms. The Kier molecular flexibility index (Phi) is 3.64. The lowest BCUT2D eigenvalue weighted by Gasteiger charge is -2.09. The first-order valence-electron chi connectivity index (χ1n) is 4.54. The Labute approximate surface area is 100 Å². The first-order valence-corrected chi connectivity index (χ1v) is 7.16. The highest BCUT2D eigenvalue weighted by molar-refractivity contribution is 7.95. The number of benzene rings is 2. The summed E-state index contributed by atoms with van der Waals surface area (Å²) in [5, 5.41) is 2.97. The van der Waals surface area contributed by atoms with Crippen LogP contribution in [0.15, 0.2) is 54.6 Å². The number of halogens is 2. The van der Waals surface area contributed by atoms with Gasteiger partial charge < -0.3 is 0 Å². The first-order chi connectivity index (χ1) is 7.27. The molecule has 0 saturated heterocycles. The Bertz CT molecular complexity index is 442. The highest BCUT2D eigenvalue weighted by Gasteiger charge is 2.09. The van der Waals surface area contributed by atoms with Crippen molar-refractivity contribution in [3.05, 3.63) is 59.6 Å². The van der Waals surface area contributed by atoms with Crippen LogP contribution in [-0.4, -0.2) is 0 Å². The maximum Gasteiger partial charge on any atom is 0.0524 e. The van der Waals surface area contributed by atoms with Gasteiger partial charge in [-0.15, -0.1) is 0 Å². The molecule has 0 N–H and O–H groups in total. The highest BCUT2D eigenvalue weighted by Crippen LogP contribution is 2.39. The maximum atomic E-state index is 6.41. The number of rotatable bonds is 2. The normalized spacial score (nSPS) is 12.4. The molecule has 0 aromatic heterocycles. The first kappa shape index (κ1) is 11.0. The van der Waals surface area contributed by atoms with Crippen LogP contribution in [0, 0.1) is 0 Å². The molecule has 2 rings (SSSR count). The minimum Gasteiger partial charge on any atom is -0.0859 e. The van der Waals surface area contributed by atoms with Crippen LogP contribution >= 0.6 is 30.1 Å². The van der Waals surface area contributed by atoms with E-state index < -0.39 is 7.27 Å². The van der Waals surface area contributed by atoms with Crippen molar-refractivity contribution < 1.29 is 0 Å². The molecule has 0 radical (unpaired) electrons. The van der Waals surface area contributed by atoms with Gasteiger partial charge in [0.15, 0.2) is 0 Å². The molecule has 0 aliphatic heterocycles. The van der Waals surface area contributed by atoms with E-state index in [0.717, 1.165) is 15.6 Å². The monoisotopic (exact) mass is 254 g/mol. The standard InChI is InChI=1S/C12H9Cl2P/c13-10-5-4-8-12(9-10)15(14)11-6-2-1-3-7-11/h1-9H. The molecule has 0 aliphatic rings. The van der Waals surface area contributed by atoms with Gasteiger partial charge in [-0.3, -0.25) is 0 Å². The smallest absolute Gasteiger partial charge is 0.0524 e. The van der Waals surface area contributed by atoms with Crippen molar-refractivity contribution in [1.82, 2.24) is 0 Å². The molecular weight excluding hydrogens is 246 g/mol. The second kappa shape index (κ2) is 4.99. The fourth-order valence-corrected chi connectivity index (χ4v) is 3.43. The third kappa shape index (κ3) is 2.72. The van der Waals surface area contributed by atoms with Crippen molar-refractivity contribution >= 4 is 40.7 Å². The van der Waals surface area contributed by atoms with E-state index in [1.54, 1.807) is 0 Å². The fourth-order valence-electron chi connectivity index (χ4n) is 1.31. The zero-order valence-electron chi connectivity index (χ0n) is 7.90. The predicted octanol–water partition coefficient (Wildman–Crippen LogP) is 3.93. The summed E-state index contributed by atoms with van der Waals surface area (Å²) in [7, 11) is -0.799. The zero-order valence-corrected chi connectivity index (χ0v) is 10.3.